The molecule has 1 amide bonds. The molecule has 0 radical (unpaired) electrons. The molecule has 6 nitrogen and oxygen atoms in total. The Morgan fingerprint density at radius 2 is 1.78 bits per heavy atom. The molecule has 1 heterocycles. The molecule has 1 unspecified atom stereocenters. The van der Waals surface area contributed by atoms with Crippen LogP contribution in [0.4, 0.5) is 0 Å². The fourth-order valence-electron chi connectivity index (χ4n) is 2.67. The van der Waals surface area contributed by atoms with Gasteiger partial charge in [0.25, 0.3) is 5.91 Å². The van der Waals surface area contributed by atoms with Gasteiger partial charge in [0.1, 0.15) is 5.75 Å². The number of rotatable bonds is 6. The summed E-state index contributed by atoms with van der Waals surface area (Å²) in [6.45, 7) is 4.38. The van der Waals surface area contributed by atoms with E-state index in [4.69, 9.17) is 14.2 Å². The van der Waals surface area contributed by atoms with Crippen molar-refractivity contribution in [3.63, 3.8) is 0 Å². The minimum Gasteiger partial charge on any atom is -0.478 e. The molecule has 1 aromatic rings. The lowest BCUT2D eigenvalue weighted by Gasteiger charge is -2.44. The minimum absolute atomic E-state index is 0.0519. The highest BCUT2D eigenvalue weighted by atomic mass is 16.6. The van der Waals surface area contributed by atoms with Crippen LogP contribution in [0.1, 0.15) is 13.8 Å². The zero-order valence-corrected chi connectivity index (χ0v) is 13.9. The van der Waals surface area contributed by atoms with E-state index < -0.39 is 17.7 Å². The van der Waals surface area contributed by atoms with Crippen LogP contribution in [-0.2, 0) is 19.1 Å². The molecule has 1 aromatic carbocycles. The average Bonchev–Trinajstić information content (AvgIpc) is 2.49. The summed E-state index contributed by atoms with van der Waals surface area (Å²) in [7, 11) is 2.79. The number of methoxy groups -OCH3 is 2. The van der Waals surface area contributed by atoms with Gasteiger partial charge in [0.2, 0.25) is 0 Å². The lowest BCUT2D eigenvalue weighted by Crippen LogP contribution is -2.61. The van der Waals surface area contributed by atoms with Gasteiger partial charge in [-0.3, -0.25) is 4.79 Å². The zero-order valence-electron chi connectivity index (χ0n) is 13.9. The van der Waals surface area contributed by atoms with Crippen LogP contribution in [0.3, 0.4) is 0 Å². The van der Waals surface area contributed by atoms with E-state index in [1.807, 2.05) is 30.3 Å². The molecule has 0 aromatic heterocycles. The average molecular weight is 321 g/mol. The third kappa shape index (κ3) is 3.82. The molecule has 0 N–H and O–H groups in total. The Labute approximate surface area is 136 Å². The SMILES string of the molecule is COC(=O)C(OC)C1CN(C(=O)C(C)(C)Oc2ccccc2)C1. The van der Waals surface area contributed by atoms with Gasteiger partial charge < -0.3 is 19.1 Å². The highest BCUT2D eigenvalue weighted by Gasteiger charge is 2.45. The van der Waals surface area contributed by atoms with Gasteiger partial charge in [0, 0.05) is 26.1 Å². The quantitative estimate of drug-likeness (QED) is 0.743. The predicted octanol–water partition coefficient (Wildman–Crippen LogP) is 1.49. The first-order valence-electron chi connectivity index (χ1n) is 7.53. The first-order chi connectivity index (χ1) is 10.9. The topological polar surface area (TPSA) is 65.1 Å². The zero-order chi connectivity index (χ0) is 17.0. The summed E-state index contributed by atoms with van der Waals surface area (Å²) in [6, 6.07) is 9.22. The molecule has 23 heavy (non-hydrogen) atoms. The molecule has 1 saturated heterocycles. The second kappa shape index (κ2) is 7.00. The molecular weight excluding hydrogens is 298 g/mol. The Morgan fingerprint density at radius 1 is 1.17 bits per heavy atom. The first-order valence-corrected chi connectivity index (χ1v) is 7.53. The fraction of sp³-hybridized carbons (Fsp3) is 0.529. The summed E-state index contributed by atoms with van der Waals surface area (Å²) in [4.78, 5) is 25.9. The normalized spacial score (nSPS) is 16.4. The van der Waals surface area contributed by atoms with E-state index >= 15 is 0 Å². The first kappa shape index (κ1) is 17.3. The van der Waals surface area contributed by atoms with Gasteiger partial charge in [-0.05, 0) is 26.0 Å². The summed E-state index contributed by atoms with van der Waals surface area (Å²) in [5.41, 5.74) is -0.972. The highest BCUT2D eigenvalue weighted by Crippen LogP contribution is 2.27. The van der Waals surface area contributed by atoms with Crippen LogP contribution in [0.2, 0.25) is 0 Å². The van der Waals surface area contributed by atoms with Crippen LogP contribution >= 0.6 is 0 Å². The summed E-state index contributed by atoms with van der Waals surface area (Å²) in [5, 5.41) is 0. The van der Waals surface area contributed by atoms with Crippen molar-refractivity contribution in [2.75, 3.05) is 27.3 Å². The lowest BCUT2D eigenvalue weighted by atomic mass is 9.91. The number of para-hydroxylation sites is 1. The number of likely N-dealkylation sites (tertiary alicyclic amines) is 1. The summed E-state index contributed by atoms with van der Waals surface area (Å²) < 4.78 is 15.7. The molecular formula is C17H23NO5. The smallest absolute Gasteiger partial charge is 0.335 e. The number of amides is 1. The van der Waals surface area contributed by atoms with Gasteiger partial charge in [0.15, 0.2) is 11.7 Å². The Hall–Kier alpha value is -2.08. The summed E-state index contributed by atoms with van der Waals surface area (Å²) in [6.07, 6.45) is -0.637. The van der Waals surface area contributed by atoms with Crippen molar-refractivity contribution < 1.29 is 23.8 Å². The maximum atomic E-state index is 12.6. The van der Waals surface area contributed by atoms with Gasteiger partial charge in [-0.25, -0.2) is 4.79 Å². The molecule has 1 aliphatic heterocycles. The van der Waals surface area contributed by atoms with Crippen molar-refractivity contribution in [1.82, 2.24) is 4.90 Å². The molecule has 1 atom stereocenters. The Morgan fingerprint density at radius 3 is 2.30 bits per heavy atom. The standard InChI is InChI=1S/C17H23NO5/c1-17(2,23-13-8-6-5-7-9-13)16(20)18-10-12(11-18)14(21-3)15(19)22-4/h5-9,12,14H,10-11H2,1-4H3. The van der Waals surface area contributed by atoms with Crippen LogP contribution in [0, 0.1) is 5.92 Å². The van der Waals surface area contributed by atoms with Crippen LogP contribution in [-0.4, -0.2) is 55.8 Å². The van der Waals surface area contributed by atoms with E-state index in [-0.39, 0.29) is 11.8 Å². The third-order valence-corrected chi connectivity index (χ3v) is 3.94. The second-order valence-electron chi connectivity index (χ2n) is 6.08. The number of carbonyl (C=O) groups excluding carboxylic acids is 2. The van der Waals surface area contributed by atoms with Crippen LogP contribution in [0.15, 0.2) is 30.3 Å². The van der Waals surface area contributed by atoms with Gasteiger partial charge in [-0.1, -0.05) is 18.2 Å². The fourth-order valence-corrected chi connectivity index (χ4v) is 2.67. The number of carbonyl (C=O) groups is 2. The van der Waals surface area contributed by atoms with Crippen molar-refractivity contribution >= 4 is 11.9 Å². The third-order valence-electron chi connectivity index (χ3n) is 3.94. The minimum atomic E-state index is -0.972. The van der Waals surface area contributed by atoms with E-state index in [1.54, 1.807) is 18.7 Å². The van der Waals surface area contributed by atoms with E-state index in [0.29, 0.717) is 18.8 Å². The summed E-state index contributed by atoms with van der Waals surface area (Å²) in [5.74, 6) is 0.0675. The van der Waals surface area contributed by atoms with E-state index in [2.05, 4.69) is 0 Å². The van der Waals surface area contributed by atoms with Crippen molar-refractivity contribution in [3.05, 3.63) is 30.3 Å². The molecule has 0 aliphatic carbocycles. The number of benzene rings is 1. The Balaban J connectivity index is 1.93. The second-order valence-corrected chi connectivity index (χ2v) is 6.08. The van der Waals surface area contributed by atoms with E-state index in [9.17, 15) is 9.59 Å². The monoisotopic (exact) mass is 321 g/mol. The molecule has 0 bridgehead atoms. The van der Waals surface area contributed by atoms with Crippen molar-refractivity contribution in [2.45, 2.75) is 25.6 Å². The van der Waals surface area contributed by atoms with Gasteiger partial charge in [-0.2, -0.15) is 0 Å². The van der Waals surface area contributed by atoms with E-state index in [1.165, 1.54) is 14.2 Å². The number of hydrogen-bond donors (Lipinski definition) is 0. The largest absolute Gasteiger partial charge is 0.478 e. The summed E-state index contributed by atoms with van der Waals surface area (Å²) >= 11 is 0. The molecule has 1 aliphatic rings. The number of hydrogen-bond acceptors (Lipinski definition) is 5. The van der Waals surface area contributed by atoms with Crippen molar-refractivity contribution in [2.24, 2.45) is 5.92 Å². The van der Waals surface area contributed by atoms with Crippen molar-refractivity contribution in [3.8, 4) is 5.75 Å². The number of ether oxygens (including phenoxy) is 3. The van der Waals surface area contributed by atoms with Crippen LogP contribution < -0.4 is 4.74 Å². The number of esters is 1. The Bertz CT molecular complexity index is 551. The van der Waals surface area contributed by atoms with Crippen LogP contribution in [0.5, 0.6) is 5.75 Å². The number of nitrogens with zero attached hydrogens (tertiary/aromatic N) is 1. The molecule has 1 fully saturated rings. The van der Waals surface area contributed by atoms with Gasteiger partial charge >= 0.3 is 5.97 Å². The lowest BCUT2D eigenvalue weighted by molar-refractivity contribution is -0.168. The van der Waals surface area contributed by atoms with Gasteiger partial charge in [0.05, 0.1) is 7.11 Å². The van der Waals surface area contributed by atoms with Gasteiger partial charge in [-0.15, -0.1) is 0 Å². The molecule has 2 rings (SSSR count). The Kier molecular flexibility index (Phi) is 5.26. The maximum absolute atomic E-state index is 12.6. The molecule has 126 valence electrons. The molecule has 6 heteroatoms. The molecule has 0 spiro atoms. The van der Waals surface area contributed by atoms with Crippen molar-refractivity contribution in [1.29, 1.82) is 0 Å². The maximum Gasteiger partial charge on any atom is 0.335 e. The van der Waals surface area contributed by atoms with Crippen LogP contribution in [0.25, 0.3) is 0 Å². The molecule has 0 saturated carbocycles. The van der Waals surface area contributed by atoms with E-state index in [0.717, 1.165) is 0 Å². The predicted molar refractivity (Wildman–Crippen MR) is 84.0 cm³/mol. The highest BCUT2D eigenvalue weighted by molar-refractivity contribution is 5.86.